The van der Waals surface area contributed by atoms with E-state index in [1.807, 2.05) is 24.3 Å². The van der Waals surface area contributed by atoms with Crippen molar-refractivity contribution >= 4 is 34.6 Å². The van der Waals surface area contributed by atoms with Gasteiger partial charge in [0.25, 0.3) is 0 Å². The third-order valence-electron chi connectivity index (χ3n) is 7.30. The molecule has 44 heavy (non-hydrogen) atoms. The Kier molecular flexibility index (Phi) is 10.3. The Labute approximate surface area is 253 Å². The van der Waals surface area contributed by atoms with Gasteiger partial charge < -0.3 is 41.9 Å². The molecule has 2 heterocycles. The van der Waals surface area contributed by atoms with Gasteiger partial charge in [0.15, 0.2) is 0 Å². The summed E-state index contributed by atoms with van der Waals surface area (Å²) in [7, 11) is 0. The van der Waals surface area contributed by atoms with E-state index in [0.717, 1.165) is 22.0 Å². The summed E-state index contributed by atoms with van der Waals surface area (Å²) < 4.78 is 0. The van der Waals surface area contributed by atoms with Crippen LogP contribution in [0.1, 0.15) is 30.7 Å². The zero-order chi connectivity index (χ0) is 31.8. The minimum Gasteiger partial charge on any atom is -0.508 e. The number of rotatable bonds is 14. The monoisotopic (exact) mass is 603 g/mol. The normalized spacial score (nSPS) is 14.0. The Bertz CT molecular complexity index is 1580. The van der Waals surface area contributed by atoms with Crippen molar-refractivity contribution in [3.63, 3.8) is 0 Å². The number of para-hydroxylation sites is 1. The number of aromatic amines is 2. The van der Waals surface area contributed by atoms with E-state index in [0.29, 0.717) is 5.69 Å². The molecule has 13 heteroatoms. The second-order valence-electron chi connectivity index (χ2n) is 11.0. The van der Waals surface area contributed by atoms with E-state index in [-0.39, 0.29) is 30.9 Å². The molecule has 0 aliphatic carbocycles. The number of nitrogens with two attached hydrogens (primary N) is 1. The number of carbonyl (C=O) groups excluding carboxylic acids is 3. The summed E-state index contributed by atoms with van der Waals surface area (Å²) in [6, 6.07) is 9.29. The van der Waals surface area contributed by atoms with E-state index in [4.69, 9.17) is 5.73 Å². The Balaban J connectivity index is 1.52. The van der Waals surface area contributed by atoms with Gasteiger partial charge in [-0.3, -0.25) is 14.4 Å². The summed E-state index contributed by atoms with van der Waals surface area (Å²) >= 11 is 0. The lowest BCUT2D eigenvalue weighted by Gasteiger charge is -2.27. The molecule has 3 amide bonds. The molecule has 4 unspecified atom stereocenters. The van der Waals surface area contributed by atoms with Crippen LogP contribution in [-0.2, 0) is 38.4 Å². The SMILES string of the molecule is CC(C)C(NC(=O)C(N)Cc1ccc(O)cc1)C(=O)NC(Cc1c[nH]c2ccccc12)C(=O)NC(Cc1cnc[nH]1)C(=O)O. The molecule has 0 spiro atoms. The molecule has 2 aromatic carbocycles. The zero-order valence-corrected chi connectivity index (χ0v) is 24.4. The summed E-state index contributed by atoms with van der Waals surface area (Å²) in [6.07, 6.45) is 4.80. The highest BCUT2D eigenvalue weighted by molar-refractivity contribution is 5.95. The number of imidazole rings is 1. The number of phenolic OH excluding ortho intramolecular Hbond substituents is 1. The van der Waals surface area contributed by atoms with E-state index in [1.54, 1.807) is 32.2 Å². The molecular formula is C31H37N7O6. The highest BCUT2D eigenvalue weighted by Crippen LogP contribution is 2.20. The molecule has 2 aromatic heterocycles. The Hall–Kier alpha value is -5.17. The van der Waals surface area contributed by atoms with Crippen LogP contribution in [0.5, 0.6) is 5.75 Å². The number of amides is 3. The lowest BCUT2D eigenvalue weighted by atomic mass is 9.99. The molecule has 0 aliphatic rings. The van der Waals surface area contributed by atoms with Gasteiger partial charge >= 0.3 is 5.97 Å². The minimum absolute atomic E-state index is 0.0432. The van der Waals surface area contributed by atoms with E-state index >= 15 is 0 Å². The van der Waals surface area contributed by atoms with Crippen LogP contribution in [-0.4, -0.2) is 73.0 Å². The topological polar surface area (TPSA) is 215 Å². The van der Waals surface area contributed by atoms with Crippen LogP contribution < -0.4 is 21.7 Å². The van der Waals surface area contributed by atoms with Gasteiger partial charge in [-0.15, -0.1) is 0 Å². The van der Waals surface area contributed by atoms with Crippen molar-refractivity contribution in [2.75, 3.05) is 0 Å². The standard InChI is InChI=1S/C31H37N7O6/c1-17(2)27(38-28(40)23(32)11-18-7-9-21(39)10-8-18)30(42)36-25(12-19-14-34-24-6-4-3-5-22(19)24)29(41)37-26(31(43)44)13-20-15-33-16-35-20/h3-10,14-17,23,25-27,34,39H,11-13,32H2,1-2H3,(H,33,35)(H,36,42)(H,37,41)(H,38,40)(H,43,44). The molecular weight excluding hydrogens is 566 g/mol. The number of nitrogens with one attached hydrogen (secondary N) is 5. The number of carboxylic acid groups (broad SMARTS) is 1. The van der Waals surface area contributed by atoms with Gasteiger partial charge in [0.2, 0.25) is 17.7 Å². The highest BCUT2D eigenvalue weighted by atomic mass is 16.4. The van der Waals surface area contributed by atoms with Gasteiger partial charge in [-0.05, 0) is 41.7 Å². The van der Waals surface area contributed by atoms with Crippen LogP contribution in [0.3, 0.4) is 0 Å². The molecule has 13 nitrogen and oxygen atoms in total. The van der Waals surface area contributed by atoms with E-state index in [9.17, 15) is 29.4 Å². The first-order valence-corrected chi connectivity index (χ1v) is 14.2. The van der Waals surface area contributed by atoms with Crippen molar-refractivity contribution in [2.24, 2.45) is 11.7 Å². The number of hydrogen-bond donors (Lipinski definition) is 8. The fraction of sp³-hybridized carbons (Fsp3) is 0.323. The highest BCUT2D eigenvalue weighted by Gasteiger charge is 2.32. The first kappa shape index (κ1) is 31.8. The van der Waals surface area contributed by atoms with Gasteiger partial charge in [0, 0.05) is 41.8 Å². The molecule has 0 saturated carbocycles. The maximum atomic E-state index is 13.6. The fourth-order valence-electron chi connectivity index (χ4n) is 4.85. The van der Waals surface area contributed by atoms with E-state index in [1.165, 1.54) is 24.7 Å². The van der Waals surface area contributed by atoms with Gasteiger partial charge in [0.05, 0.1) is 12.4 Å². The number of benzene rings is 2. The van der Waals surface area contributed by atoms with Crippen LogP contribution in [0.15, 0.2) is 67.3 Å². The summed E-state index contributed by atoms with van der Waals surface area (Å²) in [5.41, 5.74) is 8.95. The average Bonchev–Trinajstić information content (AvgIpc) is 3.66. The van der Waals surface area contributed by atoms with Crippen molar-refractivity contribution in [3.8, 4) is 5.75 Å². The zero-order valence-electron chi connectivity index (χ0n) is 24.4. The molecule has 0 bridgehead atoms. The van der Waals surface area contributed by atoms with Gasteiger partial charge in [-0.2, -0.15) is 0 Å². The number of fused-ring (bicyclic) bond motifs is 1. The summed E-state index contributed by atoms with van der Waals surface area (Å²) in [5, 5.41) is 28.1. The Morgan fingerprint density at radius 3 is 2.23 bits per heavy atom. The number of H-pyrrole nitrogens is 2. The number of aromatic nitrogens is 3. The van der Waals surface area contributed by atoms with Gasteiger partial charge in [-0.1, -0.05) is 44.2 Å². The number of carbonyl (C=O) groups is 4. The average molecular weight is 604 g/mol. The summed E-state index contributed by atoms with van der Waals surface area (Å²) in [5.74, 6) is -3.41. The van der Waals surface area contributed by atoms with Crippen molar-refractivity contribution < 1.29 is 29.4 Å². The quantitative estimate of drug-likeness (QED) is 0.104. The summed E-state index contributed by atoms with van der Waals surface area (Å²) in [6.45, 7) is 3.49. The predicted molar refractivity (Wildman–Crippen MR) is 162 cm³/mol. The lowest BCUT2D eigenvalue weighted by Crippen LogP contribution is -2.59. The smallest absolute Gasteiger partial charge is 0.326 e. The van der Waals surface area contributed by atoms with Crippen LogP contribution in [0, 0.1) is 5.92 Å². The van der Waals surface area contributed by atoms with Crippen molar-refractivity contribution in [2.45, 2.75) is 57.3 Å². The molecule has 4 aromatic rings. The molecule has 0 fully saturated rings. The predicted octanol–water partition coefficient (Wildman–Crippen LogP) is 1.15. The number of aliphatic carboxylic acids is 1. The molecule has 9 N–H and O–H groups in total. The second kappa shape index (κ2) is 14.3. The number of hydrogen-bond acceptors (Lipinski definition) is 7. The van der Waals surface area contributed by atoms with Crippen molar-refractivity contribution in [1.82, 2.24) is 30.9 Å². The third-order valence-corrected chi connectivity index (χ3v) is 7.30. The van der Waals surface area contributed by atoms with Crippen molar-refractivity contribution in [1.29, 1.82) is 0 Å². The van der Waals surface area contributed by atoms with E-state index < -0.39 is 47.9 Å². The van der Waals surface area contributed by atoms with Crippen molar-refractivity contribution in [3.05, 3.63) is 84.1 Å². The number of nitrogens with zero attached hydrogens (tertiary/aromatic N) is 1. The van der Waals surface area contributed by atoms with Crippen LogP contribution >= 0.6 is 0 Å². The Morgan fingerprint density at radius 2 is 1.57 bits per heavy atom. The molecule has 4 rings (SSSR count). The maximum Gasteiger partial charge on any atom is 0.326 e. The number of phenols is 1. The largest absolute Gasteiger partial charge is 0.508 e. The number of aromatic hydroxyl groups is 1. The number of carboxylic acids is 1. The minimum atomic E-state index is -1.29. The molecule has 232 valence electrons. The summed E-state index contributed by atoms with van der Waals surface area (Å²) in [4.78, 5) is 62.1. The molecule has 4 atom stereocenters. The second-order valence-corrected chi connectivity index (χ2v) is 11.0. The van der Waals surface area contributed by atoms with Crippen LogP contribution in [0.2, 0.25) is 0 Å². The van der Waals surface area contributed by atoms with Crippen LogP contribution in [0.25, 0.3) is 10.9 Å². The third kappa shape index (κ3) is 8.22. The molecule has 0 aliphatic heterocycles. The van der Waals surface area contributed by atoms with Gasteiger partial charge in [-0.25, -0.2) is 9.78 Å². The Morgan fingerprint density at radius 1 is 0.864 bits per heavy atom. The van der Waals surface area contributed by atoms with E-state index in [2.05, 4.69) is 30.9 Å². The first-order valence-electron chi connectivity index (χ1n) is 14.2. The van der Waals surface area contributed by atoms with Crippen LogP contribution in [0.4, 0.5) is 0 Å². The first-order chi connectivity index (χ1) is 21.0. The fourth-order valence-corrected chi connectivity index (χ4v) is 4.85. The molecule has 0 saturated heterocycles. The molecule has 0 radical (unpaired) electrons. The van der Waals surface area contributed by atoms with Gasteiger partial charge in [0.1, 0.15) is 23.9 Å². The maximum absolute atomic E-state index is 13.6. The lowest BCUT2D eigenvalue weighted by molar-refractivity contribution is -0.142.